The van der Waals surface area contributed by atoms with Crippen LogP contribution < -0.4 is 10.4 Å². The molecule has 0 saturated heterocycles. The fraction of sp³-hybridized carbons (Fsp3) is 0.0465. The molecule has 0 amide bonds. The molecule has 0 unspecified atom stereocenters. The van der Waals surface area contributed by atoms with Crippen LogP contribution in [-0.2, 0) is 0 Å². The van der Waals surface area contributed by atoms with Gasteiger partial charge in [0, 0.05) is 16.2 Å². The molecule has 0 aliphatic rings. The lowest BCUT2D eigenvalue weighted by Crippen LogP contribution is -2.25. The lowest BCUT2D eigenvalue weighted by atomic mass is 9.93. The molecule has 2 aromatic heterocycles. The van der Waals surface area contributed by atoms with Gasteiger partial charge in [-0.3, -0.25) is 4.40 Å². The second kappa shape index (κ2) is 9.90. The first kappa shape index (κ1) is 25.7. The number of aromatic nitrogens is 2. The van der Waals surface area contributed by atoms with Crippen LogP contribution in [0.25, 0.3) is 94.3 Å². The second-order valence-corrected chi connectivity index (χ2v) is 11.8. The first-order valence-electron chi connectivity index (χ1n) is 15.6. The molecular weight excluding hydrogens is 544 g/mol. The van der Waals surface area contributed by atoms with Gasteiger partial charge in [-0.15, -0.1) is 0 Å². The molecule has 0 aliphatic carbocycles. The van der Waals surface area contributed by atoms with Crippen molar-refractivity contribution in [2.45, 2.75) is 13.8 Å². The maximum absolute atomic E-state index is 5.12. The van der Waals surface area contributed by atoms with Gasteiger partial charge >= 0.3 is 0 Å². The standard InChI is InChI=1S/C43H30N2/c1-3-27-25-37(35-14-8-7-13-34(35)32(27)4-2)30-19-17-28(18-20-30)31-22-24-40-38(26-31)42-33-12-6-5-11-29(33)21-23-36(42)43-44-39-15-9-10-16-41(39)45(40)43/h3-26H,1-2H3/b27-3-,32-4+. The SMILES string of the molecule is C/C=c1/cc(-c2ccc(-c3ccc4c(c3)c3c5ccccc5ccc3c3nc5ccccc5n43)cc2)c2ccccc2/c1=C/C. The summed E-state index contributed by atoms with van der Waals surface area (Å²) in [5.41, 5.74) is 9.22. The van der Waals surface area contributed by atoms with E-state index in [2.05, 4.69) is 164 Å². The van der Waals surface area contributed by atoms with E-state index in [0.717, 1.165) is 16.7 Å². The molecule has 0 saturated carbocycles. The monoisotopic (exact) mass is 574 g/mol. The highest BCUT2D eigenvalue weighted by Gasteiger charge is 2.16. The number of imidazole rings is 1. The zero-order valence-corrected chi connectivity index (χ0v) is 25.3. The molecule has 0 aliphatic heterocycles. The number of fused-ring (bicyclic) bond motifs is 11. The number of hydrogen-bond donors (Lipinski definition) is 0. The average Bonchev–Trinajstić information content (AvgIpc) is 3.50. The first-order chi connectivity index (χ1) is 22.2. The van der Waals surface area contributed by atoms with Crippen LogP contribution in [0.3, 0.4) is 0 Å². The molecule has 7 aromatic carbocycles. The third-order valence-corrected chi connectivity index (χ3v) is 9.48. The molecular formula is C43H30N2. The molecule has 0 bridgehead atoms. The fourth-order valence-corrected chi connectivity index (χ4v) is 7.37. The van der Waals surface area contributed by atoms with Crippen molar-refractivity contribution >= 4 is 72.1 Å². The van der Waals surface area contributed by atoms with Crippen molar-refractivity contribution in [3.63, 3.8) is 0 Å². The maximum Gasteiger partial charge on any atom is 0.146 e. The zero-order valence-electron chi connectivity index (χ0n) is 25.3. The number of nitrogens with zero attached hydrogens (tertiary/aromatic N) is 2. The summed E-state index contributed by atoms with van der Waals surface area (Å²) in [5.74, 6) is 0. The Kier molecular flexibility index (Phi) is 5.66. The third-order valence-electron chi connectivity index (χ3n) is 9.48. The minimum atomic E-state index is 1.00. The molecule has 45 heavy (non-hydrogen) atoms. The van der Waals surface area contributed by atoms with Crippen LogP contribution in [0.1, 0.15) is 13.8 Å². The van der Waals surface area contributed by atoms with Crippen molar-refractivity contribution < 1.29 is 0 Å². The zero-order chi connectivity index (χ0) is 30.1. The molecule has 212 valence electrons. The van der Waals surface area contributed by atoms with E-state index in [-0.39, 0.29) is 0 Å². The highest BCUT2D eigenvalue weighted by Crippen LogP contribution is 2.38. The minimum Gasteiger partial charge on any atom is -0.292 e. The Morgan fingerprint density at radius 2 is 1.22 bits per heavy atom. The Bertz CT molecular complexity index is 2760. The molecule has 2 heterocycles. The molecule has 0 spiro atoms. The third kappa shape index (κ3) is 3.79. The minimum absolute atomic E-state index is 1.00. The molecule has 0 radical (unpaired) electrons. The van der Waals surface area contributed by atoms with E-state index in [1.807, 2.05) is 0 Å². The molecule has 0 atom stereocenters. The summed E-state index contributed by atoms with van der Waals surface area (Å²) in [6, 6.07) is 48.7. The van der Waals surface area contributed by atoms with Gasteiger partial charge in [-0.2, -0.15) is 0 Å². The van der Waals surface area contributed by atoms with Crippen molar-refractivity contribution in [2.24, 2.45) is 0 Å². The quantitative estimate of drug-likeness (QED) is 0.188. The van der Waals surface area contributed by atoms with Crippen molar-refractivity contribution in [3.8, 4) is 22.3 Å². The van der Waals surface area contributed by atoms with Crippen molar-refractivity contribution in [1.82, 2.24) is 9.38 Å². The van der Waals surface area contributed by atoms with E-state index in [1.165, 1.54) is 75.9 Å². The van der Waals surface area contributed by atoms with Crippen molar-refractivity contribution in [3.05, 3.63) is 144 Å². The van der Waals surface area contributed by atoms with Gasteiger partial charge in [-0.1, -0.05) is 109 Å². The van der Waals surface area contributed by atoms with Crippen LogP contribution in [0.5, 0.6) is 0 Å². The summed E-state index contributed by atoms with van der Waals surface area (Å²) < 4.78 is 2.33. The lowest BCUT2D eigenvalue weighted by Gasteiger charge is -2.14. The highest BCUT2D eigenvalue weighted by molar-refractivity contribution is 6.24. The van der Waals surface area contributed by atoms with E-state index < -0.39 is 0 Å². The number of para-hydroxylation sites is 2. The lowest BCUT2D eigenvalue weighted by molar-refractivity contribution is 1.32. The van der Waals surface area contributed by atoms with Gasteiger partial charge in [0.05, 0.1) is 16.6 Å². The van der Waals surface area contributed by atoms with Crippen molar-refractivity contribution in [2.75, 3.05) is 0 Å². The Hall–Kier alpha value is -5.73. The summed E-state index contributed by atoms with van der Waals surface area (Å²) in [4.78, 5) is 5.12. The summed E-state index contributed by atoms with van der Waals surface area (Å²) in [6.07, 6.45) is 4.43. The van der Waals surface area contributed by atoms with Crippen molar-refractivity contribution in [1.29, 1.82) is 0 Å². The van der Waals surface area contributed by atoms with E-state index in [0.29, 0.717) is 0 Å². The Morgan fingerprint density at radius 1 is 0.511 bits per heavy atom. The van der Waals surface area contributed by atoms with Crippen LogP contribution in [0, 0.1) is 0 Å². The molecule has 0 fully saturated rings. The van der Waals surface area contributed by atoms with Crippen LogP contribution >= 0.6 is 0 Å². The van der Waals surface area contributed by atoms with Crippen LogP contribution in [-0.4, -0.2) is 9.38 Å². The van der Waals surface area contributed by atoms with E-state index in [1.54, 1.807) is 0 Å². The van der Waals surface area contributed by atoms with Gasteiger partial charge in [0.1, 0.15) is 5.65 Å². The number of rotatable bonds is 2. The van der Waals surface area contributed by atoms with E-state index in [9.17, 15) is 0 Å². The Labute approximate surface area is 260 Å². The maximum atomic E-state index is 5.12. The first-order valence-corrected chi connectivity index (χ1v) is 15.6. The predicted molar refractivity (Wildman–Crippen MR) is 193 cm³/mol. The predicted octanol–water partition coefficient (Wildman–Crippen LogP) is 10.0. The van der Waals surface area contributed by atoms with E-state index in [4.69, 9.17) is 4.98 Å². The smallest absolute Gasteiger partial charge is 0.146 e. The summed E-state index contributed by atoms with van der Waals surface area (Å²) in [7, 11) is 0. The van der Waals surface area contributed by atoms with Crippen LogP contribution in [0.2, 0.25) is 0 Å². The largest absolute Gasteiger partial charge is 0.292 e. The van der Waals surface area contributed by atoms with Gasteiger partial charge in [0.15, 0.2) is 0 Å². The Morgan fingerprint density at radius 3 is 2.04 bits per heavy atom. The molecule has 9 aromatic rings. The molecule has 2 heteroatoms. The fourth-order valence-electron chi connectivity index (χ4n) is 7.37. The summed E-state index contributed by atoms with van der Waals surface area (Å²) in [5, 5.41) is 11.3. The molecule has 9 rings (SSSR count). The Balaban J connectivity index is 1.28. The van der Waals surface area contributed by atoms with Gasteiger partial charge < -0.3 is 0 Å². The number of pyridine rings is 1. The number of hydrogen-bond acceptors (Lipinski definition) is 1. The number of benzene rings is 7. The van der Waals surface area contributed by atoms with Gasteiger partial charge in [0.2, 0.25) is 0 Å². The second-order valence-electron chi connectivity index (χ2n) is 11.8. The summed E-state index contributed by atoms with van der Waals surface area (Å²) in [6.45, 7) is 4.25. The van der Waals surface area contributed by atoms with Gasteiger partial charge in [-0.05, 0) is 104 Å². The highest BCUT2D eigenvalue weighted by atomic mass is 15.0. The molecule has 2 nitrogen and oxygen atoms in total. The van der Waals surface area contributed by atoms with Gasteiger partial charge in [-0.25, -0.2) is 4.98 Å². The normalized spacial score (nSPS) is 12.9. The average molecular weight is 575 g/mol. The van der Waals surface area contributed by atoms with Gasteiger partial charge in [0.25, 0.3) is 0 Å². The van der Waals surface area contributed by atoms with Crippen LogP contribution in [0.4, 0.5) is 0 Å². The summed E-state index contributed by atoms with van der Waals surface area (Å²) >= 11 is 0. The topological polar surface area (TPSA) is 17.3 Å². The molecule has 0 N–H and O–H groups in total. The van der Waals surface area contributed by atoms with E-state index >= 15 is 0 Å². The van der Waals surface area contributed by atoms with Crippen LogP contribution in [0.15, 0.2) is 133 Å².